The van der Waals surface area contributed by atoms with Gasteiger partial charge in [-0.1, -0.05) is 25.6 Å². The smallest absolute Gasteiger partial charge is 0.303 e. The standard InChI is InChI=1S/C9H13N3O3S/c1-5(2)16-9-10-8(15)6(11-12-9)3-4-7(13)14/h5H,3-4H2,1-2H3,(H,13,14)(H,10,12,15). The van der Waals surface area contributed by atoms with Gasteiger partial charge < -0.3 is 5.11 Å². The summed E-state index contributed by atoms with van der Waals surface area (Å²) in [7, 11) is 0. The third-order valence-electron chi connectivity index (χ3n) is 1.67. The van der Waals surface area contributed by atoms with Crippen molar-refractivity contribution < 1.29 is 9.90 Å². The molecular weight excluding hydrogens is 230 g/mol. The van der Waals surface area contributed by atoms with Crippen LogP contribution in [-0.2, 0) is 11.2 Å². The molecule has 0 aliphatic heterocycles. The molecule has 2 N–H and O–H groups in total. The zero-order valence-corrected chi connectivity index (χ0v) is 9.87. The van der Waals surface area contributed by atoms with Gasteiger partial charge in [0.2, 0.25) is 0 Å². The molecule has 0 saturated heterocycles. The number of hydrogen-bond acceptors (Lipinski definition) is 5. The van der Waals surface area contributed by atoms with E-state index in [0.717, 1.165) is 0 Å². The van der Waals surface area contributed by atoms with Gasteiger partial charge in [-0.05, 0) is 0 Å². The second-order valence-corrected chi connectivity index (χ2v) is 5.03. The number of aromatic amines is 1. The van der Waals surface area contributed by atoms with Crippen molar-refractivity contribution in [3.63, 3.8) is 0 Å². The van der Waals surface area contributed by atoms with Crippen molar-refractivity contribution in [2.24, 2.45) is 0 Å². The molecule has 0 unspecified atom stereocenters. The Bertz CT molecular complexity index is 430. The van der Waals surface area contributed by atoms with E-state index in [2.05, 4.69) is 15.2 Å². The van der Waals surface area contributed by atoms with Gasteiger partial charge in [-0.3, -0.25) is 14.6 Å². The normalized spacial score (nSPS) is 10.7. The molecule has 0 aliphatic rings. The molecule has 1 rings (SSSR count). The number of aryl methyl sites for hydroxylation is 1. The van der Waals surface area contributed by atoms with E-state index in [9.17, 15) is 9.59 Å². The van der Waals surface area contributed by atoms with Crippen LogP contribution in [0.15, 0.2) is 9.95 Å². The number of nitrogens with zero attached hydrogens (tertiary/aromatic N) is 2. The van der Waals surface area contributed by atoms with Crippen LogP contribution in [0, 0.1) is 0 Å². The second kappa shape index (κ2) is 5.64. The Labute approximate surface area is 96.5 Å². The van der Waals surface area contributed by atoms with Crippen molar-refractivity contribution in [2.75, 3.05) is 0 Å². The van der Waals surface area contributed by atoms with Crippen molar-refractivity contribution in [3.8, 4) is 0 Å². The monoisotopic (exact) mass is 243 g/mol. The van der Waals surface area contributed by atoms with Crippen molar-refractivity contribution in [3.05, 3.63) is 16.0 Å². The number of carboxylic acids is 1. The Balaban J connectivity index is 2.75. The second-order valence-electron chi connectivity index (χ2n) is 3.47. The molecule has 0 atom stereocenters. The minimum atomic E-state index is -0.957. The van der Waals surface area contributed by atoms with Crippen LogP contribution in [0.25, 0.3) is 0 Å². The fraction of sp³-hybridized carbons (Fsp3) is 0.556. The van der Waals surface area contributed by atoms with Gasteiger partial charge in [0, 0.05) is 11.7 Å². The first-order chi connectivity index (χ1) is 7.49. The lowest BCUT2D eigenvalue weighted by atomic mass is 10.2. The average Bonchev–Trinajstić information content (AvgIpc) is 2.15. The Hall–Kier alpha value is -1.37. The summed E-state index contributed by atoms with van der Waals surface area (Å²) in [6.07, 6.45) is -0.0152. The summed E-state index contributed by atoms with van der Waals surface area (Å²) in [6.45, 7) is 3.95. The number of thioether (sulfide) groups is 1. The topological polar surface area (TPSA) is 95.9 Å². The first kappa shape index (κ1) is 12.7. The highest BCUT2D eigenvalue weighted by Crippen LogP contribution is 2.15. The Kier molecular flexibility index (Phi) is 4.48. The van der Waals surface area contributed by atoms with Gasteiger partial charge in [-0.2, -0.15) is 0 Å². The highest BCUT2D eigenvalue weighted by Gasteiger charge is 2.08. The van der Waals surface area contributed by atoms with E-state index < -0.39 is 5.97 Å². The molecule has 7 heteroatoms. The van der Waals surface area contributed by atoms with E-state index in [-0.39, 0.29) is 24.1 Å². The van der Waals surface area contributed by atoms with E-state index in [1.54, 1.807) is 0 Å². The average molecular weight is 243 g/mol. The number of aromatic nitrogens is 3. The molecule has 88 valence electrons. The first-order valence-electron chi connectivity index (χ1n) is 4.83. The van der Waals surface area contributed by atoms with Gasteiger partial charge in [-0.25, -0.2) is 0 Å². The van der Waals surface area contributed by atoms with E-state index in [1.807, 2.05) is 13.8 Å². The summed E-state index contributed by atoms with van der Waals surface area (Å²) >= 11 is 1.40. The summed E-state index contributed by atoms with van der Waals surface area (Å²) in [5.41, 5.74) is -0.199. The molecule has 1 aromatic heterocycles. The van der Waals surface area contributed by atoms with E-state index in [1.165, 1.54) is 11.8 Å². The lowest BCUT2D eigenvalue weighted by Gasteiger charge is -2.02. The number of aliphatic carboxylic acids is 1. The van der Waals surface area contributed by atoms with Crippen LogP contribution in [0.2, 0.25) is 0 Å². The highest BCUT2D eigenvalue weighted by molar-refractivity contribution is 7.99. The van der Waals surface area contributed by atoms with Crippen LogP contribution in [0.1, 0.15) is 26.0 Å². The first-order valence-corrected chi connectivity index (χ1v) is 5.71. The number of nitrogens with one attached hydrogen (secondary N) is 1. The van der Waals surface area contributed by atoms with Crippen LogP contribution in [-0.4, -0.2) is 31.5 Å². The maximum Gasteiger partial charge on any atom is 0.303 e. The van der Waals surface area contributed by atoms with Gasteiger partial charge in [0.25, 0.3) is 5.56 Å². The fourth-order valence-electron chi connectivity index (χ4n) is 1.01. The molecule has 0 bridgehead atoms. The van der Waals surface area contributed by atoms with Gasteiger partial charge in [-0.15, -0.1) is 10.2 Å². The van der Waals surface area contributed by atoms with Crippen LogP contribution in [0.5, 0.6) is 0 Å². The maximum atomic E-state index is 11.5. The predicted molar refractivity (Wildman–Crippen MR) is 59.6 cm³/mol. The molecule has 0 saturated carbocycles. The minimum Gasteiger partial charge on any atom is -0.481 e. The van der Waals surface area contributed by atoms with E-state index in [0.29, 0.717) is 10.4 Å². The van der Waals surface area contributed by atoms with Gasteiger partial charge >= 0.3 is 5.97 Å². The largest absolute Gasteiger partial charge is 0.481 e. The molecule has 0 fully saturated rings. The van der Waals surface area contributed by atoms with Crippen LogP contribution < -0.4 is 5.56 Å². The number of carbonyl (C=O) groups is 1. The summed E-state index contributed by atoms with van der Waals surface area (Å²) < 4.78 is 0. The Morgan fingerprint density at radius 1 is 1.50 bits per heavy atom. The van der Waals surface area contributed by atoms with Crippen molar-refractivity contribution in [2.45, 2.75) is 37.1 Å². The molecule has 0 aliphatic carbocycles. The van der Waals surface area contributed by atoms with Gasteiger partial charge in [0.1, 0.15) is 5.69 Å². The van der Waals surface area contributed by atoms with Crippen molar-refractivity contribution in [1.29, 1.82) is 0 Å². The molecule has 6 nitrogen and oxygen atoms in total. The zero-order valence-electron chi connectivity index (χ0n) is 9.06. The third kappa shape index (κ3) is 4.01. The SMILES string of the molecule is CC(C)Sc1nnc(CCC(=O)O)c(=O)[nH]1. The lowest BCUT2D eigenvalue weighted by molar-refractivity contribution is -0.136. The van der Waals surface area contributed by atoms with Crippen LogP contribution >= 0.6 is 11.8 Å². The summed E-state index contributed by atoms with van der Waals surface area (Å²) in [6, 6.07) is 0. The molecule has 1 aromatic rings. The fourth-order valence-corrected chi connectivity index (χ4v) is 1.70. The molecule has 0 amide bonds. The third-order valence-corrected chi connectivity index (χ3v) is 2.55. The van der Waals surface area contributed by atoms with Gasteiger partial charge in [0.05, 0.1) is 6.42 Å². The molecular formula is C9H13N3O3S. The van der Waals surface area contributed by atoms with Gasteiger partial charge in [0.15, 0.2) is 5.16 Å². The van der Waals surface area contributed by atoms with Crippen LogP contribution in [0.4, 0.5) is 0 Å². The maximum absolute atomic E-state index is 11.5. The number of H-pyrrole nitrogens is 1. The molecule has 1 heterocycles. The summed E-state index contributed by atoms with van der Waals surface area (Å²) in [5, 5.41) is 16.8. The zero-order chi connectivity index (χ0) is 12.1. The number of rotatable bonds is 5. The van der Waals surface area contributed by atoms with Crippen LogP contribution in [0.3, 0.4) is 0 Å². The molecule has 0 aromatic carbocycles. The quantitative estimate of drug-likeness (QED) is 0.738. The minimum absolute atomic E-state index is 0.101. The number of carboxylic acid groups (broad SMARTS) is 1. The van der Waals surface area contributed by atoms with E-state index >= 15 is 0 Å². The Morgan fingerprint density at radius 2 is 2.19 bits per heavy atom. The summed E-state index contributed by atoms with van der Waals surface area (Å²) in [4.78, 5) is 24.4. The molecule has 16 heavy (non-hydrogen) atoms. The predicted octanol–water partition coefficient (Wildman–Crippen LogP) is 0.683. The lowest BCUT2D eigenvalue weighted by Crippen LogP contribution is -2.18. The van der Waals surface area contributed by atoms with Crippen molar-refractivity contribution in [1.82, 2.24) is 15.2 Å². The molecule has 0 spiro atoms. The summed E-state index contributed by atoms with van der Waals surface area (Å²) in [5.74, 6) is -0.957. The molecule has 0 radical (unpaired) electrons. The van der Waals surface area contributed by atoms with E-state index in [4.69, 9.17) is 5.11 Å². The Morgan fingerprint density at radius 3 is 2.69 bits per heavy atom. The highest BCUT2D eigenvalue weighted by atomic mass is 32.2. The number of hydrogen-bond donors (Lipinski definition) is 2. The van der Waals surface area contributed by atoms with Crippen molar-refractivity contribution >= 4 is 17.7 Å².